The summed E-state index contributed by atoms with van der Waals surface area (Å²) >= 11 is 0. The van der Waals surface area contributed by atoms with E-state index in [9.17, 15) is 24.9 Å². The number of cyclic esters (lactones) is 1. The van der Waals surface area contributed by atoms with Gasteiger partial charge in [-0.05, 0) is 37.8 Å². The van der Waals surface area contributed by atoms with Crippen molar-refractivity contribution in [3.05, 3.63) is 29.3 Å². The highest BCUT2D eigenvalue weighted by atomic mass is 16.5. The van der Waals surface area contributed by atoms with Gasteiger partial charge in [0, 0.05) is 12.5 Å². The van der Waals surface area contributed by atoms with Gasteiger partial charge in [-0.1, -0.05) is 12.2 Å². The predicted octanol–water partition coefficient (Wildman–Crippen LogP) is 1.82. The quantitative estimate of drug-likeness (QED) is 0.652. The van der Waals surface area contributed by atoms with Crippen molar-refractivity contribution in [2.75, 3.05) is 7.11 Å². The third-order valence-corrected chi connectivity index (χ3v) is 4.27. The molecule has 0 saturated carbocycles. The molecule has 0 aliphatic carbocycles. The van der Waals surface area contributed by atoms with Crippen molar-refractivity contribution in [1.82, 2.24) is 0 Å². The Balaban J connectivity index is 2.41. The molecule has 0 fully saturated rings. The molecule has 142 valence electrons. The zero-order chi connectivity index (χ0) is 19.3. The van der Waals surface area contributed by atoms with Crippen LogP contribution >= 0.6 is 0 Å². The summed E-state index contributed by atoms with van der Waals surface area (Å²) in [7, 11) is 1.43. The number of ketones is 1. The van der Waals surface area contributed by atoms with Crippen LogP contribution in [0, 0.1) is 0 Å². The van der Waals surface area contributed by atoms with Gasteiger partial charge in [0.1, 0.15) is 23.2 Å². The van der Waals surface area contributed by atoms with E-state index in [-0.39, 0.29) is 24.2 Å². The normalized spacial score (nSPS) is 25.2. The minimum absolute atomic E-state index is 0.00271. The zero-order valence-electron chi connectivity index (χ0n) is 14.8. The van der Waals surface area contributed by atoms with Gasteiger partial charge in [-0.15, -0.1) is 0 Å². The number of hydrogen-bond donors (Lipinski definition) is 3. The molecule has 0 radical (unpaired) electrons. The lowest BCUT2D eigenvalue weighted by molar-refractivity contribution is -0.132. The summed E-state index contributed by atoms with van der Waals surface area (Å²) in [5, 5.41) is 30.1. The van der Waals surface area contributed by atoms with E-state index in [1.807, 2.05) is 0 Å². The number of phenolic OH excluding ortho intramolecular Hbond substituents is 1. The molecule has 1 aliphatic heterocycles. The Hall–Kier alpha value is -2.38. The first-order valence-electron chi connectivity index (χ1n) is 8.50. The lowest BCUT2D eigenvalue weighted by atomic mass is 9.99. The molecule has 3 atom stereocenters. The van der Waals surface area contributed by atoms with Crippen molar-refractivity contribution in [3.63, 3.8) is 0 Å². The molecule has 3 N–H and O–H groups in total. The van der Waals surface area contributed by atoms with Crippen LogP contribution in [-0.4, -0.2) is 52.5 Å². The van der Waals surface area contributed by atoms with E-state index in [0.717, 1.165) is 0 Å². The molecule has 1 aromatic carbocycles. The van der Waals surface area contributed by atoms with Gasteiger partial charge in [0.25, 0.3) is 0 Å². The van der Waals surface area contributed by atoms with Gasteiger partial charge in [0.15, 0.2) is 5.78 Å². The van der Waals surface area contributed by atoms with Gasteiger partial charge in [-0.2, -0.15) is 0 Å². The Morgan fingerprint density at radius 1 is 1.23 bits per heavy atom. The number of fused-ring (bicyclic) bond motifs is 1. The van der Waals surface area contributed by atoms with Crippen molar-refractivity contribution < 1.29 is 34.4 Å². The molecule has 0 saturated heterocycles. The Kier molecular flexibility index (Phi) is 6.76. The van der Waals surface area contributed by atoms with E-state index < -0.39 is 30.1 Å². The maximum atomic E-state index is 12.5. The fourth-order valence-corrected chi connectivity index (χ4v) is 2.78. The Morgan fingerprint density at radius 3 is 2.65 bits per heavy atom. The number of methoxy groups -OCH3 is 1. The lowest BCUT2D eigenvalue weighted by Crippen LogP contribution is -2.33. The number of aromatic hydroxyl groups is 1. The van der Waals surface area contributed by atoms with Crippen molar-refractivity contribution in [3.8, 4) is 11.5 Å². The molecule has 0 spiro atoms. The van der Waals surface area contributed by atoms with Gasteiger partial charge in [-0.3, -0.25) is 4.79 Å². The van der Waals surface area contributed by atoms with Crippen LogP contribution in [0.3, 0.4) is 0 Å². The van der Waals surface area contributed by atoms with Crippen molar-refractivity contribution in [1.29, 1.82) is 0 Å². The largest absolute Gasteiger partial charge is 0.507 e. The van der Waals surface area contributed by atoms with Crippen LogP contribution in [0.25, 0.3) is 6.08 Å². The van der Waals surface area contributed by atoms with Gasteiger partial charge in [0.2, 0.25) is 0 Å². The second kappa shape index (κ2) is 8.82. The molecule has 1 aliphatic rings. The fourth-order valence-electron chi connectivity index (χ4n) is 2.78. The van der Waals surface area contributed by atoms with Crippen molar-refractivity contribution in [2.24, 2.45) is 0 Å². The number of benzene rings is 1. The number of carbonyl (C=O) groups excluding carboxylic acids is 2. The standard InChI is InChI=1S/C19H24O7/c1-11-5-3-7-14(20)18(23)15(21)8-4-6-12-9-13(25-2)10-16(22)17(12)19(24)26-11/h4,6,9-11,15,18,21-23H,3,5,7-8H2,1-2H3/t11-,15+,18-/m0/s1. The first-order chi connectivity index (χ1) is 12.3. The zero-order valence-corrected chi connectivity index (χ0v) is 14.8. The third kappa shape index (κ3) is 4.83. The second-order valence-electron chi connectivity index (χ2n) is 6.34. The highest BCUT2D eigenvalue weighted by Gasteiger charge is 2.25. The number of rotatable bonds is 1. The molecule has 0 bridgehead atoms. The SMILES string of the molecule is COc1cc(O)c2c(c1)C=CC[C@@H](O)[C@@H](O)C(=O)CCC[C@H](C)OC2=O. The number of phenols is 1. The van der Waals surface area contributed by atoms with Gasteiger partial charge < -0.3 is 24.8 Å². The summed E-state index contributed by atoms with van der Waals surface area (Å²) in [6, 6.07) is 2.87. The van der Waals surface area contributed by atoms with Gasteiger partial charge in [0.05, 0.1) is 19.3 Å². The number of carbonyl (C=O) groups is 2. The van der Waals surface area contributed by atoms with E-state index in [1.165, 1.54) is 25.3 Å². The number of ether oxygens (including phenoxy) is 2. The first kappa shape index (κ1) is 19.9. The molecule has 0 unspecified atom stereocenters. The molecule has 0 amide bonds. The molecular formula is C19H24O7. The number of hydrogen-bond acceptors (Lipinski definition) is 7. The summed E-state index contributed by atoms with van der Waals surface area (Å²) in [6.07, 6.45) is 0.776. The van der Waals surface area contributed by atoms with Crippen LogP contribution in [0.2, 0.25) is 0 Å². The molecule has 7 nitrogen and oxygen atoms in total. The summed E-state index contributed by atoms with van der Waals surface area (Å²) in [5.74, 6) is -1.05. The van der Waals surface area contributed by atoms with Crippen LogP contribution < -0.4 is 4.74 Å². The molecule has 26 heavy (non-hydrogen) atoms. The minimum atomic E-state index is -1.46. The first-order valence-corrected chi connectivity index (χ1v) is 8.50. The molecule has 1 heterocycles. The average molecular weight is 364 g/mol. The number of aliphatic hydroxyl groups is 2. The highest BCUT2D eigenvalue weighted by molar-refractivity contribution is 5.97. The smallest absolute Gasteiger partial charge is 0.342 e. The van der Waals surface area contributed by atoms with Crippen LogP contribution in [0.15, 0.2) is 18.2 Å². The summed E-state index contributed by atoms with van der Waals surface area (Å²) < 4.78 is 10.5. The molecular weight excluding hydrogens is 340 g/mol. The van der Waals surface area contributed by atoms with Crippen molar-refractivity contribution in [2.45, 2.75) is 50.9 Å². The monoisotopic (exact) mass is 364 g/mol. The van der Waals surface area contributed by atoms with E-state index in [0.29, 0.717) is 24.2 Å². The van der Waals surface area contributed by atoms with E-state index in [1.54, 1.807) is 13.0 Å². The summed E-state index contributed by atoms with van der Waals surface area (Å²) in [4.78, 5) is 24.4. The van der Waals surface area contributed by atoms with E-state index in [4.69, 9.17) is 9.47 Å². The predicted molar refractivity (Wildman–Crippen MR) is 94.1 cm³/mol. The summed E-state index contributed by atoms with van der Waals surface area (Å²) in [6.45, 7) is 1.69. The van der Waals surface area contributed by atoms with Crippen LogP contribution in [0.1, 0.15) is 48.5 Å². The number of aliphatic hydroxyl groups excluding tert-OH is 2. The summed E-state index contributed by atoms with van der Waals surface area (Å²) in [5.41, 5.74) is 0.348. The van der Waals surface area contributed by atoms with E-state index >= 15 is 0 Å². The molecule has 0 aromatic heterocycles. The molecule has 1 aromatic rings. The Bertz CT molecular complexity index is 695. The minimum Gasteiger partial charge on any atom is -0.507 e. The highest BCUT2D eigenvalue weighted by Crippen LogP contribution is 2.30. The number of Topliss-reactive ketones (excluding diaryl/α,β-unsaturated/α-hetero) is 1. The van der Waals surface area contributed by atoms with Gasteiger partial charge >= 0.3 is 5.97 Å². The topological polar surface area (TPSA) is 113 Å². The second-order valence-corrected chi connectivity index (χ2v) is 6.34. The van der Waals surface area contributed by atoms with Gasteiger partial charge in [-0.25, -0.2) is 4.79 Å². The fraction of sp³-hybridized carbons (Fsp3) is 0.474. The average Bonchev–Trinajstić information content (AvgIpc) is 2.59. The Labute approximate surface area is 151 Å². The number of esters is 1. The Morgan fingerprint density at radius 2 is 1.96 bits per heavy atom. The maximum absolute atomic E-state index is 12.5. The maximum Gasteiger partial charge on any atom is 0.342 e. The van der Waals surface area contributed by atoms with Crippen molar-refractivity contribution >= 4 is 17.8 Å². The molecule has 7 heteroatoms. The molecule has 2 rings (SSSR count). The van der Waals surface area contributed by atoms with E-state index in [2.05, 4.69) is 0 Å². The van der Waals surface area contributed by atoms with Crippen LogP contribution in [0.5, 0.6) is 11.5 Å². The van der Waals surface area contributed by atoms with Crippen LogP contribution in [-0.2, 0) is 9.53 Å². The van der Waals surface area contributed by atoms with Crippen LogP contribution in [0.4, 0.5) is 0 Å². The lowest BCUT2D eigenvalue weighted by Gasteiger charge is -2.18. The third-order valence-electron chi connectivity index (χ3n) is 4.27.